The van der Waals surface area contributed by atoms with E-state index in [1.165, 1.54) is 5.56 Å². The topological polar surface area (TPSA) is 100 Å². The van der Waals surface area contributed by atoms with Crippen LogP contribution in [-0.2, 0) is 6.42 Å². The Bertz CT molecular complexity index is 385. The molecule has 0 aliphatic heterocycles. The van der Waals surface area contributed by atoms with Gasteiger partial charge in [0.25, 0.3) is 0 Å². The van der Waals surface area contributed by atoms with Crippen molar-refractivity contribution in [3.05, 3.63) is 35.9 Å². The van der Waals surface area contributed by atoms with E-state index in [0.29, 0.717) is 0 Å². The quantitative estimate of drug-likeness (QED) is 0.457. The molecule has 0 saturated carbocycles. The van der Waals surface area contributed by atoms with Gasteiger partial charge in [-0.15, -0.1) is 0 Å². The Morgan fingerprint density at radius 1 is 1.35 bits per heavy atom. The maximum atomic E-state index is 7.01. The van der Waals surface area contributed by atoms with Crippen molar-refractivity contribution in [2.45, 2.75) is 25.8 Å². The predicted octanol–water partition coefficient (Wildman–Crippen LogP) is 0.805. The van der Waals surface area contributed by atoms with Crippen LogP contribution in [0.25, 0.3) is 0 Å². The minimum Gasteiger partial charge on any atom is -0.370 e. The average molecular weight is 233 g/mol. The van der Waals surface area contributed by atoms with E-state index >= 15 is 0 Å². The van der Waals surface area contributed by atoms with E-state index in [1.54, 1.807) is 0 Å². The summed E-state index contributed by atoms with van der Waals surface area (Å²) in [7, 11) is 0. The minimum atomic E-state index is -0.193. The van der Waals surface area contributed by atoms with Crippen LogP contribution in [0.3, 0.4) is 0 Å². The van der Waals surface area contributed by atoms with Crippen LogP contribution in [0.15, 0.2) is 35.3 Å². The van der Waals surface area contributed by atoms with Crippen LogP contribution in [-0.4, -0.2) is 18.0 Å². The highest BCUT2D eigenvalue weighted by Crippen LogP contribution is 2.06. The highest BCUT2D eigenvalue weighted by molar-refractivity contribution is 5.95. The molecule has 0 saturated heterocycles. The Morgan fingerprint density at radius 2 is 2.00 bits per heavy atom. The molecule has 0 aliphatic carbocycles. The summed E-state index contributed by atoms with van der Waals surface area (Å²) in [6.07, 6.45) is 1.86. The summed E-state index contributed by atoms with van der Waals surface area (Å²) in [6, 6.07) is 10.3. The molecule has 6 N–H and O–H groups in total. The van der Waals surface area contributed by atoms with Crippen molar-refractivity contribution in [1.82, 2.24) is 5.32 Å². The van der Waals surface area contributed by atoms with Crippen LogP contribution in [0.1, 0.15) is 18.9 Å². The summed E-state index contributed by atoms with van der Waals surface area (Å²) in [4.78, 5) is 4.19. The standard InChI is InChI=1S/C12H19N5/c1-9(16-12(15)17-11(13)14)7-8-10-5-3-2-4-6-10/h2-6,9H,7-8H2,1H3,(H6,13,14,15,16,17). The lowest BCUT2D eigenvalue weighted by atomic mass is 10.1. The van der Waals surface area contributed by atoms with Gasteiger partial charge >= 0.3 is 0 Å². The molecule has 17 heavy (non-hydrogen) atoms. The first-order valence-corrected chi connectivity index (χ1v) is 5.56. The molecule has 0 amide bonds. The first-order valence-electron chi connectivity index (χ1n) is 5.56. The van der Waals surface area contributed by atoms with E-state index in [1.807, 2.05) is 25.1 Å². The summed E-state index contributed by atoms with van der Waals surface area (Å²) >= 11 is 0. The average Bonchev–Trinajstić information content (AvgIpc) is 2.26. The van der Waals surface area contributed by atoms with E-state index in [9.17, 15) is 0 Å². The molecule has 0 spiro atoms. The molecule has 92 valence electrons. The number of rotatable bonds is 4. The first-order chi connectivity index (χ1) is 8.08. The normalized spacial score (nSPS) is 13.1. The van der Waals surface area contributed by atoms with Gasteiger partial charge in [0.05, 0.1) is 6.04 Å². The third-order valence-electron chi connectivity index (χ3n) is 2.32. The van der Waals surface area contributed by atoms with Crippen LogP contribution < -0.4 is 16.8 Å². The molecule has 0 heterocycles. The fraction of sp³-hybridized carbons (Fsp3) is 0.333. The lowest BCUT2D eigenvalue weighted by Gasteiger charge is -2.09. The number of nitrogens with two attached hydrogens (primary N) is 2. The second-order valence-electron chi connectivity index (χ2n) is 3.93. The van der Waals surface area contributed by atoms with Gasteiger partial charge < -0.3 is 11.5 Å². The molecular formula is C12H19N5. The number of aliphatic imine (C=N–C) groups is 1. The summed E-state index contributed by atoms with van der Waals surface area (Å²) in [5, 5.41) is 9.47. The second kappa shape index (κ2) is 6.52. The molecule has 5 heteroatoms. The van der Waals surface area contributed by atoms with Gasteiger partial charge in [-0.25, -0.2) is 0 Å². The highest BCUT2D eigenvalue weighted by atomic mass is 15.2. The second-order valence-corrected chi connectivity index (χ2v) is 3.93. The zero-order valence-electron chi connectivity index (χ0n) is 9.98. The molecule has 0 radical (unpaired) electrons. The van der Waals surface area contributed by atoms with Gasteiger partial charge in [0.1, 0.15) is 0 Å². The van der Waals surface area contributed by atoms with Gasteiger partial charge in [0.15, 0.2) is 11.9 Å². The van der Waals surface area contributed by atoms with E-state index in [2.05, 4.69) is 22.4 Å². The van der Waals surface area contributed by atoms with Crippen LogP contribution in [0.5, 0.6) is 0 Å². The van der Waals surface area contributed by atoms with Crippen LogP contribution >= 0.6 is 0 Å². The molecule has 0 fully saturated rings. The van der Waals surface area contributed by atoms with Crippen molar-refractivity contribution in [2.24, 2.45) is 16.5 Å². The van der Waals surface area contributed by atoms with Gasteiger partial charge in [-0.2, -0.15) is 0 Å². The monoisotopic (exact) mass is 233 g/mol. The lowest BCUT2D eigenvalue weighted by Crippen LogP contribution is -2.41. The van der Waals surface area contributed by atoms with E-state index < -0.39 is 0 Å². The zero-order chi connectivity index (χ0) is 12.7. The molecule has 1 aromatic rings. The van der Waals surface area contributed by atoms with E-state index in [0.717, 1.165) is 12.8 Å². The number of guanidine groups is 2. The molecular weight excluding hydrogens is 214 g/mol. The predicted molar refractivity (Wildman–Crippen MR) is 70.9 cm³/mol. The summed E-state index contributed by atoms with van der Waals surface area (Å²) in [5.74, 6) is -0.000397. The molecule has 5 nitrogen and oxygen atoms in total. The van der Waals surface area contributed by atoms with E-state index in [-0.39, 0.29) is 18.0 Å². The van der Waals surface area contributed by atoms with Gasteiger partial charge in [0, 0.05) is 0 Å². The fourth-order valence-corrected chi connectivity index (χ4v) is 1.49. The summed E-state index contributed by atoms with van der Waals surface area (Å²) in [5.41, 5.74) is 12.0. The largest absolute Gasteiger partial charge is 0.370 e. The Balaban J connectivity index is 2.39. The van der Waals surface area contributed by atoms with Crippen molar-refractivity contribution < 1.29 is 0 Å². The van der Waals surface area contributed by atoms with E-state index in [4.69, 9.17) is 16.9 Å². The number of nitrogens with zero attached hydrogens (tertiary/aromatic N) is 1. The zero-order valence-corrected chi connectivity index (χ0v) is 9.98. The third-order valence-corrected chi connectivity index (χ3v) is 2.32. The number of hydrogen-bond acceptors (Lipinski definition) is 2. The van der Waals surface area contributed by atoms with Gasteiger partial charge in [-0.05, 0) is 25.3 Å². The maximum Gasteiger partial charge on any atom is 0.195 e. The van der Waals surface area contributed by atoms with Crippen molar-refractivity contribution >= 4 is 11.9 Å². The Kier molecular flexibility index (Phi) is 5.00. The molecule has 1 rings (SSSR count). The summed E-state index contributed by atoms with van der Waals surface area (Å²) in [6.45, 7) is 1.98. The van der Waals surface area contributed by atoms with Crippen LogP contribution in [0.4, 0.5) is 0 Å². The number of benzene rings is 1. The van der Waals surface area contributed by atoms with Crippen molar-refractivity contribution in [1.29, 1.82) is 5.41 Å². The van der Waals surface area contributed by atoms with Crippen molar-refractivity contribution in [3.8, 4) is 0 Å². The smallest absolute Gasteiger partial charge is 0.195 e. The number of hydrogen-bond donors (Lipinski definition) is 4. The number of nitrogens with one attached hydrogen (secondary N) is 2. The van der Waals surface area contributed by atoms with Crippen molar-refractivity contribution in [3.63, 3.8) is 0 Å². The Morgan fingerprint density at radius 3 is 2.59 bits per heavy atom. The first kappa shape index (κ1) is 13.0. The van der Waals surface area contributed by atoms with Gasteiger partial charge in [-0.1, -0.05) is 30.3 Å². The lowest BCUT2D eigenvalue weighted by molar-refractivity contribution is 0.665. The highest BCUT2D eigenvalue weighted by Gasteiger charge is 2.02. The Labute approximate surface area is 101 Å². The fourth-order valence-electron chi connectivity index (χ4n) is 1.49. The molecule has 1 aromatic carbocycles. The summed E-state index contributed by atoms with van der Waals surface area (Å²) < 4.78 is 0. The SMILES string of the molecule is CC(CCc1ccccc1)N=C(N)NC(=N)N. The van der Waals surface area contributed by atoms with Crippen LogP contribution in [0.2, 0.25) is 0 Å². The van der Waals surface area contributed by atoms with Gasteiger partial charge in [-0.3, -0.25) is 15.7 Å². The number of aryl methyl sites for hydroxylation is 1. The molecule has 0 aromatic heterocycles. The Hall–Kier alpha value is -2.04. The minimum absolute atomic E-state index is 0.0991. The van der Waals surface area contributed by atoms with Gasteiger partial charge in [0.2, 0.25) is 0 Å². The molecule has 1 unspecified atom stereocenters. The molecule has 0 aliphatic rings. The van der Waals surface area contributed by atoms with Crippen LogP contribution in [0, 0.1) is 5.41 Å². The molecule has 1 atom stereocenters. The molecule has 0 bridgehead atoms. The third kappa shape index (κ3) is 5.55. The maximum absolute atomic E-state index is 7.01. The van der Waals surface area contributed by atoms with Crippen molar-refractivity contribution in [2.75, 3.05) is 0 Å².